The zero-order valence-electron chi connectivity index (χ0n) is 19.2. The molecule has 0 bridgehead atoms. The highest BCUT2D eigenvalue weighted by Gasteiger charge is 2.32. The monoisotopic (exact) mass is 476 g/mol. The number of carbonyl (C=O) groups excluding carboxylic acids is 1. The van der Waals surface area contributed by atoms with Crippen LogP contribution in [0, 0.1) is 13.8 Å². The zero-order chi connectivity index (χ0) is 23.0. The minimum atomic E-state index is -2.97. The molecule has 2 aliphatic heterocycles. The van der Waals surface area contributed by atoms with Crippen molar-refractivity contribution in [3.63, 3.8) is 0 Å². The number of nitrogens with zero attached hydrogens (tertiary/aromatic N) is 4. The van der Waals surface area contributed by atoms with Gasteiger partial charge in [0.25, 0.3) is 0 Å². The van der Waals surface area contributed by atoms with Crippen molar-refractivity contribution in [2.24, 2.45) is 0 Å². The van der Waals surface area contributed by atoms with E-state index in [0.717, 1.165) is 40.5 Å². The highest BCUT2D eigenvalue weighted by Crippen LogP contribution is 2.37. The number of anilines is 1. The number of carbonyl (C=O) groups is 1. The summed E-state index contributed by atoms with van der Waals surface area (Å²) >= 11 is 1.83. The van der Waals surface area contributed by atoms with E-state index in [9.17, 15) is 13.2 Å². The predicted molar refractivity (Wildman–Crippen MR) is 129 cm³/mol. The number of benzene rings is 1. The van der Waals surface area contributed by atoms with Gasteiger partial charge in [0.05, 0.1) is 35.5 Å². The Morgan fingerprint density at radius 2 is 2.00 bits per heavy atom. The molecule has 1 amide bonds. The first-order valence-corrected chi connectivity index (χ1v) is 13.8. The number of para-hydroxylation sites is 1. The van der Waals surface area contributed by atoms with Crippen LogP contribution in [0.5, 0.6) is 0 Å². The Kier molecular flexibility index (Phi) is 6.70. The average molecular weight is 477 g/mol. The van der Waals surface area contributed by atoms with Crippen molar-refractivity contribution in [1.29, 1.82) is 0 Å². The number of fused-ring (bicyclic) bond motifs is 1. The molecule has 0 radical (unpaired) electrons. The van der Waals surface area contributed by atoms with E-state index in [1.807, 2.05) is 65.3 Å². The van der Waals surface area contributed by atoms with Crippen LogP contribution < -0.4 is 4.90 Å². The number of aromatic nitrogens is 2. The molecule has 2 aromatic rings. The van der Waals surface area contributed by atoms with Crippen molar-refractivity contribution in [2.45, 2.75) is 56.3 Å². The summed E-state index contributed by atoms with van der Waals surface area (Å²) in [6, 6.07) is 8.05. The van der Waals surface area contributed by atoms with E-state index < -0.39 is 9.84 Å². The molecule has 1 aromatic heterocycles. The number of thioether (sulfide) groups is 1. The van der Waals surface area contributed by atoms with E-state index in [4.69, 9.17) is 0 Å². The van der Waals surface area contributed by atoms with Crippen LogP contribution in [0.4, 0.5) is 5.69 Å². The molecular formula is C23H32N4O3S2. The smallest absolute Gasteiger partial charge is 0.241 e. The fourth-order valence-corrected chi connectivity index (χ4v) is 7.44. The van der Waals surface area contributed by atoms with Gasteiger partial charge in [-0.15, -0.1) is 11.8 Å². The number of rotatable bonds is 5. The average Bonchev–Trinajstić information content (AvgIpc) is 3.15. The summed E-state index contributed by atoms with van der Waals surface area (Å²) in [7, 11) is -1.02. The van der Waals surface area contributed by atoms with Crippen LogP contribution in [-0.4, -0.2) is 65.9 Å². The molecule has 0 N–H and O–H groups in total. The quantitative estimate of drug-likeness (QED) is 0.660. The molecule has 1 saturated heterocycles. The Morgan fingerprint density at radius 1 is 1.25 bits per heavy atom. The molecule has 0 aliphatic carbocycles. The summed E-state index contributed by atoms with van der Waals surface area (Å²) in [6.45, 7) is 7.81. The van der Waals surface area contributed by atoms with Crippen LogP contribution in [0.25, 0.3) is 0 Å². The van der Waals surface area contributed by atoms with Crippen LogP contribution >= 0.6 is 11.8 Å². The van der Waals surface area contributed by atoms with Crippen LogP contribution in [0.3, 0.4) is 0 Å². The second kappa shape index (κ2) is 9.19. The molecule has 4 rings (SSSR count). The molecule has 0 spiro atoms. The molecule has 1 aromatic carbocycles. The number of amides is 1. The molecule has 32 heavy (non-hydrogen) atoms. The van der Waals surface area contributed by atoms with Crippen molar-refractivity contribution >= 4 is 33.2 Å². The highest BCUT2D eigenvalue weighted by molar-refractivity contribution is 8.00. The Hall–Kier alpha value is -1.84. The largest absolute Gasteiger partial charge is 0.310 e. The SMILES string of the molecule is Cc1nn([C@@H]2CCS(=O)(=O)C2)c(C)c1CN(C)CC(=O)N1CC[C@H](C)Sc2ccccc21. The van der Waals surface area contributed by atoms with E-state index in [2.05, 4.69) is 18.1 Å². The van der Waals surface area contributed by atoms with Crippen molar-refractivity contribution in [3.05, 3.63) is 41.2 Å². The lowest BCUT2D eigenvalue weighted by Crippen LogP contribution is -2.39. The topological polar surface area (TPSA) is 75.5 Å². The van der Waals surface area contributed by atoms with Crippen LogP contribution in [0.2, 0.25) is 0 Å². The number of hydrogen-bond donors (Lipinski definition) is 0. The summed E-state index contributed by atoms with van der Waals surface area (Å²) in [5, 5.41) is 5.13. The predicted octanol–water partition coefficient (Wildman–Crippen LogP) is 3.21. The van der Waals surface area contributed by atoms with Crippen molar-refractivity contribution < 1.29 is 13.2 Å². The highest BCUT2D eigenvalue weighted by atomic mass is 32.2. The van der Waals surface area contributed by atoms with Gasteiger partial charge >= 0.3 is 0 Å². The van der Waals surface area contributed by atoms with E-state index >= 15 is 0 Å². The minimum absolute atomic E-state index is 0.0903. The molecule has 0 unspecified atom stereocenters. The van der Waals surface area contributed by atoms with E-state index in [-0.39, 0.29) is 23.5 Å². The molecule has 7 nitrogen and oxygen atoms in total. The van der Waals surface area contributed by atoms with Gasteiger partial charge in [-0.2, -0.15) is 5.10 Å². The number of aryl methyl sites for hydroxylation is 1. The minimum Gasteiger partial charge on any atom is -0.310 e. The maximum atomic E-state index is 13.3. The third-order valence-corrected chi connectivity index (χ3v) is 9.39. The van der Waals surface area contributed by atoms with Gasteiger partial charge in [-0.25, -0.2) is 8.42 Å². The molecule has 2 aliphatic rings. The normalized spacial score (nSPS) is 22.7. The van der Waals surface area contributed by atoms with Gasteiger partial charge in [0.15, 0.2) is 9.84 Å². The van der Waals surface area contributed by atoms with Crippen molar-refractivity contribution in [2.75, 3.05) is 36.5 Å². The standard InChI is InChI=1S/C23H32N4O3S2/c1-16-9-11-26(21-7-5-6-8-22(21)31-16)23(28)14-25(4)13-20-17(2)24-27(18(20)3)19-10-12-32(29,30)15-19/h5-8,16,19H,9-15H2,1-4H3/t16-,19+/m0/s1. The third-order valence-electron chi connectivity index (χ3n) is 6.41. The zero-order valence-corrected chi connectivity index (χ0v) is 20.9. The van der Waals surface area contributed by atoms with Gasteiger partial charge in [-0.3, -0.25) is 14.4 Å². The molecule has 174 valence electrons. The second-order valence-corrected chi connectivity index (χ2v) is 12.8. The summed E-state index contributed by atoms with van der Waals surface area (Å²) in [5.74, 6) is 0.487. The van der Waals surface area contributed by atoms with Crippen LogP contribution in [-0.2, 0) is 21.2 Å². The molecule has 3 heterocycles. The number of sulfone groups is 1. The maximum Gasteiger partial charge on any atom is 0.241 e. The van der Waals surface area contributed by atoms with Gasteiger partial charge in [0, 0.05) is 34.5 Å². The van der Waals surface area contributed by atoms with E-state index in [0.29, 0.717) is 24.8 Å². The lowest BCUT2D eigenvalue weighted by molar-refractivity contribution is -0.119. The maximum absolute atomic E-state index is 13.3. The van der Waals surface area contributed by atoms with Gasteiger partial charge in [0.1, 0.15) is 0 Å². The number of hydrogen-bond acceptors (Lipinski definition) is 6. The number of likely N-dealkylation sites (N-methyl/N-ethyl adjacent to an activating group) is 1. The third kappa shape index (κ3) is 4.89. The van der Waals surface area contributed by atoms with Gasteiger partial charge < -0.3 is 4.90 Å². The molecule has 0 saturated carbocycles. The second-order valence-electron chi connectivity index (χ2n) is 9.05. The van der Waals surface area contributed by atoms with Crippen LogP contribution in [0.1, 0.15) is 42.8 Å². The van der Waals surface area contributed by atoms with Crippen molar-refractivity contribution in [1.82, 2.24) is 14.7 Å². The summed E-state index contributed by atoms with van der Waals surface area (Å²) in [4.78, 5) is 18.4. The molecular weight excluding hydrogens is 444 g/mol. The van der Waals surface area contributed by atoms with Crippen molar-refractivity contribution in [3.8, 4) is 0 Å². The first kappa shape index (κ1) is 23.3. The fraction of sp³-hybridized carbons (Fsp3) is 0.565. The summed E-state index contributed by atoms with van der Waals surface area (Å²) < 4.78 is 25.7. The van der Waals surface area contributed by atoms with Gasteiger partial charge in [-0.1, -0.05) is 19.1 Å². The molecule has 9 heteroatoms. The first-order chi connectivity index (χ1) is 15.1. The summed E-state index contributed by atoms with van der Waals surface area (Å²) in [6.07, 6.45) is 1.58. The lowest BCUT2D eigenvalue weighted by atomic mass is 10.1. The van der Waals surface area contributed by atoms with Gasteiger partial charge in [-0.05, 0) is 45.9 Å². The summed E-state index contributed by atoms with van der Waals surface area (Å²) in [5.41, 5.74) is 3.97. The molecule has 2 atom stereocenters. The van der Waals surface area contributed by atoms with Crippen LogP contribution in [0.15, 0.2) is 29.2 Å². The fourth-order valence-electron chi connectivity index (χ4n) is 4.64. The molecule has 1 fully saturated rings. The Balaban J connectivity index is 1.46. The van der Waals surface area contributed by atoms with Gasteiger partial charge in [0.2, 0.25) is 5.91 Å². The van der Waals surface area contributed by atoms with E-state index in [1.165, 1.54) is 0 Å². The Morgan fingerprint density at radius 3 is 2.72 bits per heavy atom. The Bertz CT molecular complexity index is 1110. The van der Waals surface area contributed by atoms with E-state index in [1.54, 1.807) is 0 Å². The lowest BCUT2D eigenvalue weighted by Gasteiger charge is -2.25. The Labute approximate surface area is 195 Å². The first-order valence-electron chi connectivity index (χ1n) is 11.1.